The molecule has 0 unspecified atom stereocenters. The molecule has 3 aromatic rings. The molecule has 1 atom stereocenters. The highest BCUT2D eigenvalue weighted by molar-refractivity contribution is 5.46. The minimum Gasteiger partial charge on any atom is -0.348 e. The summed E-state index contributed by atoms with van der Waals surface area (Å²) >= 11 is 0. The van der Waals surface area contributed by atoms with Gasteiger partial charge < -0.3 is 15.2 Å². The molecule has 8 nitrogen and oxygen atoms in total. The molecule has 0 spiro atoms. The Kier molecular flexibility index (Phi) is 2.84. The summed E-state index contributed by atoms with van der Waals surface area (Å²) in [7, 11) is 1.83. The van der Waals surface area contributed by atoms with E-state index in [-0.39, 0.29) is 6.04 Å². The summed E-state index contributed by atoms with van der Waals surface area (Å²) in [6.07, 6.45) is 5.70. The summed E-state index contributed by atoms with van der Waals surface area (Å²) in [5, 5.41) is 8.09. The van der Waals surface area contributed by atoms with Crippen molar-refractivity contribution in [2.75, 3.05) is 0 Å². The van der Waals surface area contributed by atoms with E-state index < -0.39 is 0 Å². The average molecular weight is 259 g/mol. The number of rotatable bonds is 4. The highest BCUT2D eigenvalue weighted by atomic mass is 16.5. The number of nitrogens with one attached hydrogen (secondary N) is 1. The number of nitrogens with zero attached hydrogens (tertiary/aromatic N) is 5. The van der Waals surface area contributed by atoms with Crippen molar-refractivity contribution < 1.29 is 4.52 Å². The van der Waals surface area contributed by atoms with Crippen LogP contribution in [0.3, 0.4) is 0 Å². The van der Waals surface area contributed by atoms with E-state index in [2.05, 4.69) is 25.2 Å². The molecule has 0 saturated heterocycles. The standard InChI is InChI=1S/C11H13N7O/c1-18-3-2-9(16-18)10-15-11(19-17-10)8(12)4-7-5-13-6-14-7/h2-3,5-6,8H,4,12H2,1H3,(H,13,14)/t8-/m1/s1. The van der Waals surface area contributed by atoms with Crippen LogP contribution in [-0.4, -0.2) is 29.9 Å². The van der Waals surface area contributed by atoms with Crippen LogP contribution in [0.2, 0.25) is 0 Å². The molecule has 3 rings (SSSR count). The van der Waals surface area contributed by atoms with Gasteiger partial charge in [-0.2, -0.15) is 10.1 Å². The maximum Gasteiger partial charge on any atom is 0.244 e. The molecule has 0 aromatic carbocycles. The van der Waals surface area contributed by atoms with Crippen LogP contribution in [0.25, 0.3) is 11.5 Å². The van der Waals surface area contributed by atoms with Gasteiger partial charge in [-0.15, -0.1) is 0 Å². The van der Waals surface area contributed by atoms with E-state index in [9.17, 15) is 0 Å². The first-order chi connectivity index (χ1) is 9.22. The van der Waals surface area contributed by atoms with Gasteiger partial charge in [-0.25, -0.2) is 4.98 Å². The molecule has 0 bridgehead atoms. The van der Waals surface area contributed by atoms with Crippen molar-refractivity contribution >= 4 is 0 Å². The average Bonchev–Trinajstić information content (AvgIpc) is 3.07. The van der Waals surface area contributed by atoms with Gasteiger partial charge in [-0.1, -0.05) is 5.16 Å². The van der Waals surface area contributed by atoms with E-state index in [1.165, 1.54) is 0 Å². The SMILES string of the molecule is Cn1ccc(-c2noc([C@H](N)Cc3cnc[nH]3)n2)n1. The molecule has 3 aromatic heterocycles. The predicted molar refractivity (Wildman–Crippen MR) is 65.7 cm³/mol. The van der Waals surface area contributed by atoms with Crippen molar-refractivity contribution in [1.82, 2.24) is 29.9 Å². The predicted octanol–water partition coefficient (Wildman–Crippen LogP) is 0.436. The Morgan fingerprint density at radius 1 is 1.53 bits per heavy atom. The molecule has 0 aliphatic heterocycles. The van der Waals surface area contributed by atoms with E-state index in [1.807, 2.05) is 19.3 Å². The van der Waals surface area contributed by atoms with Crippen molar-refractivity contribution in [3.05, 3.63) is 36.4 Å². The fourth-order valence-corrected chi connectivity index (χ4v) is 1.74. The van der Waals surface area contributed by atoms with Crippen LogP contribution in [0.1, 0.15) is 17.6 Å². The van der Waals surface area contributed by atoms with Crippen molar-refractivity contribution in [2.45, 2.75) is 12.5 Å². The molecule has 0 saturated carbocycles. The Labute approximate surface area is 108 Å². The summed E-state index contributed by atoms with van der Waals surface area (Å²) in [6, 6.07) is 1.44. The molecule has 8 heteroatoms. The zero-order valence-corrected chi connectivity index (χ0v) is 10.3. The molecule has 98 valence electrons. The Hall–Kier alpha value is -2.48. The number of aromatic nitrogens is 6. The van der Waals surface area contributed by atoms with Crippen molar-refractivity contribution in [3.8, 4) is 11.5 Å². The quantitative estimate of drug-likeness (QED) is 0.703. The topological polar surface area (TPSA) is 111 Å². The Bertz CT molecular complexity index is 654. The second-order valence-electron chi connectivity index (χ2n) is 4.22. The van der Waals surface area contributed by atoms with Gasteiger partial charge in [0.05, 0.1) is 12.4 Å². The Morgan fingerprint density at radius 2 is 2.42 bits per heavy atom. The smallest absolute Gasteiger partial charge is 0.244 e. The van der Waals surface area contributed by atoms with Gasteiger partial charge in [0.2, 0.25) is 11.7 Å². The van der Waals surface area contributed by atoms with E-state index in [4.69, 9.17) is 10.3 Å². The largest absolute Gasteiger partial charge is 0.348 e. The molecule has 0 amide bonds. The fraction of sp³-hybridized carbons (Fsp3) is 0.273. The minimum absolute atomic E-state index is 0.370. The summed E-state index contributed by atoms with van der Waals surface area (Å²) in [4.78, 5) is 11.2. The highest BCUT2D eigenvalue weighted by Gasteiger charge is 2.17. The minimum atomic E-state index is -0.370. The van der Waals surface area contributed by atoms with Gasteiger partial charge >= 0.3 is 0 Å². The zero-order valence-electron chi connectivity index (χ0n) is 10.3. The monoisotopic (exact) mass is 259 g/mol. The second-order valence-corrected chi connectivity index (χ2v) is 4.22. The van der Waals surface area contributed by atoms with E-state index >= 15 is 0 Å². The van der Waals surface area contributed by atoms with Crippen LogP contribution in [-0.2, 0) is 13.5 Å². The van der Waals surface area contributed by atoms with Crippen LogP contribution in [0.15, 0.2) is 29.3 Å². The number of hydrogen-bond acceptors (Lipinski definition) is 6. The van der Waals surface area contributed by atoms with Crippen LogP contribution >= 0.6 is 0 Å². The van der Waals surface area contributed by atoms with Gasteiger partial charge in [0.25, 0.3) is 0 Å². The van der Waals surface area contributed by atoms with Crippen molar-refractivity contribution in [1.29, 1.82) is 0 Å². The number of hydrogen-bond donors (Lipinski definition) is 2. The fourth-order valence-electron chi connectivity index (χ4n) is 1.74. The summed E-state index contributed by atoms with van der Waals surface area (Å²) in [6.45, 7) is 0. The van der Waals surface area contributed by atoms with Gasteiger partial charge in [0.15, 0.2) is 0 Å². The van der Waals surface area contributed by atoms with Gasteiger partial charge in [-0.05, 0) is 6.07 Å². The first kappa shape index (κ1) is 11.6. The second kappa shape index (κ2) is 4.65. The third kappa shape index (κ3) is 2.38. The van der Waals surface area contributed by atoms with E-state index in [0.717, 1.165) is 5.69 Å². The molecule has 3 heterocycles. The van der Waals surface area contributed by atoms with Crippen molar-refractivity contribution in [2.24, 2.45) is 12.8 Å². The number of nitrogens with two attached hydrogens (primary N) is 1. The number of aryl methyl sites for hydroxylation is 1. The third-order valence-electron chi connectivity index (χ3n) is 2.70. The number of imidazole rings is 1. The summed E-state index contributed by atoms with van der Waals surface area (Å²) < 4.78 is 6.85. The first-order valence-corrected chi connectivity index (χ1v) is 5.79. The van der Waals surface area contributed by atoms with Crippen LogP contribution in [0.4, 0.5) is 0 Å². The van der Waals surface area contributed by atoms with Crippen LogP contribution in [0, 0.1) is 0 Å². The van der Waals surface area contributed by atoms with Crippen LogP contribution in [0.5, 0.6) is 0 Å². The van der Waals surface area contributed by atoms with Gasteiger partial charge in [-0.3, -0.25) is 4.68 Å². The summed E-state index contributed by atoms with van der Waals surface area (Å²) in [5.74, 6) is 0.825. The van der Waals surface area contributed by atoms with Crippen LogP contribution < -0.4 is 5.73 Å². The Balaban J connectivity index is 1.77. The molecule has 3 N–H and O–H groups in total. The molecule has 0 radical (unpaired) electrons. The molecular formula is C11H13N7O. The van der Waals surface area contributed by atoms with Gasteiger partial charge in [0, 0.05) is 31.6 Å². The normalized spacial score (nSPS) is 12.7. The number of H-pyrrole nitrogens is 1. The molecule has 19 heavy (non-hydrogen) atoms. The molecular weight excluding hydrogens is 246 g/mol. The molecule has 0 aliphatic rings. The molecule has 0 aliphatic carbocycles. The lowest BCUT2D eigenvalue weighted by molar-refractivity contribution is 0.353. The maximum absolute atomic E-state index is 6.01. The zero-order chi connectivity index (χ0) is 13.2. The maximum atomic E-state index is 6.01. The van der Waals surface area contributed by atoms with Gasteiger partial charge in [0.1, 0.15) is 5.69 Å². The van der Waals surface area contributed by atoms with E-state index in [0.29, 0.717) is 23.8 Å². The first-order valence-electron chi connectivity index (χ1n) is 5.79. The lowest BCUT2D eigenvalue weighted by Gasteiger charge is -2.03. The highest BCUT2D eigenvalue weighted by Crippen LogP contribution is 2.17. The third-order valence-corrected chi connectivity index (χ3v) is 2.70. The lowest BCUT2D eigenvalue weighted by atomic mass is 10.2. The lowest BCUT2D eigenvalue weighted by Crippen LogP contribution is -2.14. The molecule has 0 fully saturated rings. The van der Waals surface area contributed by atoms with E-state index in [1.54, 1.807) is 17.2 Å². The summed E-state index contributed by atoms with van der Waals surface area (Å²) in [5.41, 5.74) is 7.59. The number of aromatic amines is 1. The Morgan fingerprint density at radius 3 is 3.11 bits per heavy atom. The van der Waals surface area contributed by atoms with Crippen molar-refractivity contribution in [3.63, 3.8) is 0 Å².